The van der Waals surface area contributed by atoms with Crippen LogP contribution in [-0.2, 0) is 16.1 Å². The highest BCUT2D eigenvalue weighted by Crippen LogP contribution is 2.16. The molecule has 0 aliphatic carbocycles. The molecule has 0 unspecified atom stereocenters. The van der Waals surface area contributed by atoms with Gasteiger partial charge in [0.05, 0.1) is 5.69 Å². The molecule has 5 nitrogen and oxygen atoms in total. The fraction of sp³-hybridized carbons (Fsp3) is 0.375. The van der Waals surface area contributed by atoms with E-state index in [1.54, 1.807) is 11.1 Å². The van der Waals surface area contributed by atoms with E-state index in [4.69, 9.17) is 4.74 Å². The van der Waals surface area contributed by atoms with Crippen molar-refractivity contribution in [2.45, 2.75) is 25.5 Å². The molecule has 1 aliphatic rings. The van der Waals surface area contributed by atoms with E-state index in [2.05, 4.69) is 5.10 Å². The zero-order valence-electron chi connectivity index (χ0n) is 12.1. The topological polar surface area (TPSA) is 47.4 Å². The maximum atomic E-state index is 12.2. The van der Waals surface area contributed by atoms with Gasteiger partial charge < -0.3 is 9.64 Å². The molecule has 1 aliphatic heterocycles. The molecule has 3 rings (SSSR count). The van der Waals surface area contributed by atoms with Crippen molar-refractivity contribution in [2.75, 3.05) is 13.7 Å². The molecular formula is C16H19N3O2. The van der Waals surface area contributed by atoms with Gasteiger partial charge >= 0.3 is 0 Å². The van der Waals surface area contributed by atoms with Crippen LogP contribution in [0.2, 0.25) is 0 Å². The molecule has 1 saturated heterocycles. The van der Waals surface area contributed by atoms with Crippen molar-refractivity contribution in [3.8, 4) is 5.69 Å². The first-order chi connectivity index (χ1) is 10.2. The van der Waals surface area contributed by atoms with E-state index < -0.39 is 0 Å². The first kappa shape index (κ1) is 13.8. The Morgan fingerprint density at radius 3 is 3.10 bits per heavy atom. The molecule has 0 radical (unpaired) electrons. The summed E-state index contributed by atoms with van der Waals surface area (Å²) in [5.74, 6) is 0.0667. The summed E-state index contributed by atoms with van der Waals surface area (Å²) in [6, 6.07) is 9.94. The van der Waals surface area contributed by atoms with E-state index in [1.165, 1.54) is 0 Å². The average molecular weight is 285 g/mol. The van der Waals surface area contributed by atoms with Gasteiger partial charge in [-0.05, 0) is 36.6 Å². The smallest absolute Gasteiger partial charge is 0.251 e. The van der Waals surface area contributed by atoms with E-state index in [0.29, 0.717) is 13.2 Å². The van der Waals surface area contributed by atoms with Crippen LogP contribution in [0, 0.1) is 0 Å². The molecule has 1 amide bonds. The van der Waals surface area contributed by atoms with Gasteiger partial charge in [0.1, 0.15) is 6.10 Å². The molecule has 0 spiro atoms. The molecular weight excluding hydrogens is 266 g/mol. The Kier molecular flexibility index (Phi) is 4.01. The number of amides is 1. The molecule has 1 aromatic carbocycles. The molecule has 2 heterocycles. The second-order valence-electron chi connectivity index (χ2n) is 5.32. The van der Waals surface area contributed by atoms with E-state index >= 15 is 0 Å². The first-order valence-corrected chi connectivity index (χ1v) is 7.19. The number of carbonyl (C=O) groups is 1. The third-order valence-electron chi connectivity index (χ3n) is 3.68. The van der Waals surface area contributed by atoms with Gasteiger partial charge in [-0.3, -0.25) is 4.79 Å². The number of carbonyl (C=O) groups excluding carboxylic acids is 1. The zero-order valence-corrected chi connectivity index (χ0v) is 12.1. The van der Waals surface area contributed by atoms with Gasteiger partial charge in [-0.2, -0.15) is 5.10 Å². The third-order valence-corrected chi connectivity index (χ3v) is 3.68. The van der Waals surface area contributed by atoms with Crippen LogP contribution in [0.25, 0.3) is 5.69 Å². The Bertz CT molecular complexity index is 604. The number of hydrogen-bond donors (Lipinski definition) is 0. The van der Waals surface area contributed by atoms with Crippen LogP contribution >= 0.6 is 0 Å². The lowest BCUT2D eigenvalue weighted by Gasteiger charge is -2.21. The summed E-state index contributed by atoms with van der Waals surface area (Å²) in [6.07, 6.45) is 5.19. The summed E-state index contributed by atoms with van der Waals surface area (Å²) in [4.78, 5) is 14.0. The highest BCUT2D eigenvalue weighted by Gasteiger charge is 2.26. The fourth-order valence-corrected chi connectivity index (χ4v) is 2.59. The molecule has 0 bridgehead atoms. The Morgan fingerprint density at radius 2 is 2.38 bits per heavy atom. The van der Waals surface area contributed by atoms with Crippen LogP contribution in [0.4, 0.5) is 0 Å². The van der Waals surface area contributed by atoms with Crippen LogP contribution in [0.3, 0.4) is 0 Å². The lowest BCUT2D eigenvalue weighted by atomic mass is 10.1. The molecule has 1 aromatic heterocycles. The number of ether oxygens (including phenoxy) is 1. The highest BCUT2D eigenvalue weighted by molar-refractivity contribution is 5.80. The maximum absolute atomic E-state index is 12.2. The van der Waals surface area contributed by atoms with E-state index in [-0.39, 0.29) is 12.0 Å². The minimum atomic E-state index is -0.260. The van der Waals surface area contributed by atoms with Crippen molar-refractivity contribution in [1.29, 1.82) is 0 Å². The van der Waals surface area contributed by atoms with Crippen LogP contribution in [0.5, 0.6) is 0 Å². The average Bonchev–Trinajstić information content (AvgIpc) is 3.20. The highest BCUT2D eigenvalue weighted by atomic mass is 16.5. The van der Waals surface area contributed by atoms with Gasteiger partial charge in [0, 0.05) is 32.6 Å². The normalized spacial score (nSPS) is 17.9. The van der Waals surface area contributed by atoms with Gasteiger partial charge in [-0.15, -0.1) is 0 Å². The number of rotatable bonds is 4. The summed E-state index contributed by atoms with van der Waals surface area (Å²) in [5.41, 5.74) is 2.08. The Morgan fingerprint density at radius 1 is 1.48 bits per heavy atom. The van der Waals surface area contributed by atoms with Crippen molar-refractivity contribution in [3.63, 3.8) is 0 Å². The molecule has 2 aromatic rings. The fourth-order valence-electron chi connectivity index (χ4n) is 2.59. The zero-order chi connectivity index (χ0) is 14.7. The molecule has 110 valence electrons. The van der Waals surface area contributed by atoms with Gasteiger partial charge in [-0.25, -0.2) is 4.68 Å². The molecule has 1 fully saturated rings. The molecule has 0 N–H and O–H groups in total. The summed E-state index contributed by atoms with van der Waals surface area (Å²) in [6.45, 7) is 1.27. The van der Waals surface area contributed by atoms with Gasteiger partial charge in [-0.1, -0.05) is 12.1 Å². The van der Waals surface area contributed by atoms with Gasteiger partial charge in [0.25, 0.3) is 5.91 Å². The Hall–Kier alpha value is -2.14. The monoisotopic (exact) mass is 285 g/mol. The van der Waals surface area contributed by atoms with Gasteiger partial charge in [0.2, 0.25) is 0 Å². The van der Waals surface area contributed by atoms with E-state index in [9.17, 15) is 4.79 Å². The molecule has 5 heteroatoms. The predicted molar refractivity (Wildman–Crippen MR) is 79.0 cm³/mol. The quantitative estimate of drug-likeness (QED) is 0.863. The van der Waals surface area contributed by atoms with Crippen molar-refractivity contribution < 1.29 is 9.53 Å². The molecule has 0 saturated carbocycles. The minimum Gasteiger partial charge on any atom is -0.368 e. The van der Waals surface area contributed by atoms with E-state index in [1.807, 2.05) is 48.3 Å². The number of likely N-dealkylation sites (N-methyl/N-ethyl adjacent to an activating group) is 1. The lowest BCUT2D eigenvalue weighted by molar-refractivity contribution is -0.140. The summed E-state index contributed by atoms with van der Waals surface area (Å²) in [7, 11) is 1.82. The minimum absolute atomic E-state index is 0.0667. The van der Waals surface area contributed by atoms with Crippen LogP contribution in [-0.4, -0.2) is 40.3 Å². The standard InChI is InChI=1S/C16H19N3O2/c1-18(16(20)15-7-3-10-21-15)12-13-5-2-6-14(11-13)19-9-4-8-17-19/h2,4-6,8-9,11,15H,3,7,10,12H2,1H3/t15-/m1/s1. The Balaban J connectivity index is 1.69. The van der Waals surface area contributed by atoms with Crippen LogP contribution in [0.1, 0.15) is 18.4 Å². The van der Waals surface area contributed by atoms with Crippen molar-refractivity contribution in [1.82, 2.24) is 14.7 Å². The summed E-state index contributed by atoms with van der Waals surface area (Å²) in [5, 5.41) is 4.22. The number of benzene rings is 1. The second kappa shape index (κ2) is 6.10. The van der Waals surface area contributed by atoms with Gasteiger partial charge in [0.15, 0.2) is 0 Å². The maximum Gasteiger partial charge on any atom is 0.251 e. The number of hydrogen-bond acceptors (Lipinski definition) is 3. The van der Waals surface area contributed by atoms with Crippen molar-refractivity contribution in [2.24, 2.45) is 0 Å². The van der Waals surface area contributed by atoms with E-state index in [0.717, 1.165) is 24.1 Å². The van der Waals surface area contributed by atoms with Crippen LogP contribution < -0.4 is 0 Å². The second-order valence-corrected chi connectivity index (χ2v) is 5.32. The largest absolute Gasteiger partial charge is 0.368 e. The predicted octanol–water partition coefficient (Wildman–Crippen LogP) is 2.01. The van der Waals surface area contributed by atoms with Crippen molar-refractivity contribution in [3.05, 3.63) is 48.3 Å². The van der Waals surface area contributed by atoms with Crippen LogP contribution in [0.15, 0.2) is 42.7 Å². The number of nitrogens with zero attached hydrogens (tertiary/aromatic N) is 3. The SMILES string of the molecule is CN(Cc1cccc(-n2cccn2)c1)C(=O)[C@H]1CCCO1. The molecule has 1 atom stereocenters. The summed E-state index contributed by atoms with van der Waals surface area (Å²) < 4.78 is 7.26. The molecule has 21 heavy (non-hydrogen) atoms. The first-order valence-electron chi connectivity index (χ1n) is 7.19. The van der Waals surface area contributed by atoms with Crippen molar-refractivity contribution >= 4 is 5.91 Å². The number of aromatic nitrogens is 2. The summed E-state index contributed by atoms with van der Waals surface area (Å²) >= 11 is 0. The third kappa shape index (κ3) is 3.13. The Labute approximate surface area is 124 Å². The lowest BCUT2D eigenvalue weighted by Crippen LogP contribution is -2.35.